The predicted octanol–water partition coefficient (Wildman–Crippen LogP) is 8.70. The highest BCUT2D eigenvalue weighted by Crippen LogP contribution is 2.53. The Labute approximate surface area is 227 Å². The highest BCUT2D eigenvalue weighted by atomic mass is 31.2. The summed E-state index contributed by atoms with van der Waals surface area (Å²) in [5, 5.41) is 3.17. The molecule has 0 spiro atoms. The van der Waals surface area contributed by atoms with Crippen molar-refractivity contribution in [1.82, 2.24) is 5.32 Å². The van der Waals surface area contributed by atoms with Gasteiger partial charge in [0.05, 0.1) is 6.61 Å². The first-order chi connectivity index (χ1) is 16.8. The van der Waals surface area contributed by atoms with Crippen LogP contribution in [0.3, 0.4) is 0 Å². The smallest absolute Gasteiger partial charge is 0.417 e. The molecule has 2 aromatic rings. The Balaban J connectivity index is 2.36. The van der Waals surface area contributed by atoms with Crippen LogP contribution in [-0.2, 0) is 32.6 Å². The van der Waals surface area contributed by atoms with Gasteiger partial charge in [0.15, 0.2) is 0 Å². The molecule has 0 saturated heterocycles. The summed E-state index contributed by atoms with van der Waals surface area (Å²) < 4.78 is 19.7. The molecule has 0 aliphatic carbocycles. The Morgan fingerprint density at radius 2 is 1.08 bits per heavy atom. The third kappa shape index (κ3) is 7.08. The molecule has 1 heterocycles. The third-order valence-electron chi connectivity index (χ3n) is 6.94. The topological polar surface area (TPSA) is 39.7 Å². The maximum absolute atomic E-state index is 6.72. The summed E-state index contributed by atoms with van der Waals surface area (Å²) in [6.45, 7) is 28.5. The van der Waals surface area contributed by atoms with Crippen molar-refractivity contribution in [2.75, 3.05) is 20.2 Å². The first kappa shape index (κ1) is 29.9. The monoisotopic (exact) mass is 527 g/mol. The Hall–Kier alpha value is -1.61. The molecule has 1 aliphatic rings. The maximum Gasteiger partial charge on any atom is 0.463 e. The number of fused-ring (bicyclic) bond motifs is 2. The minimum Gasteiger partial charge on any atom is -0.417 e. The molecular formula is C32H50NO3P. The minimum absolute atomic E-state index is 0.0224. The summed E-state index contributed by atoms with van der Waals surface area (Å²) in [5.41, 5.74) is 7.33. The summed E-state index contributed by atoms with van der Waals surface area (Å²) >= 11 is 0. The highest BCUT2D eigenvalue weighted by Gasteiger charge is 2.35. The van der Waals surface area contributed by atoms with Gasteiger partial charge in [-0.05, 0) is 51.0 Å². The zero-order valence-electron chi connectivity index (χ0n) is 25.6. The van der Waals surface area contributed by atoms with Crippen molar-refractivity contribution >= 4 is 8.60 Å². The Morgan fingerprint density at radius 3 is 1.41 bits per heavy atom. The zero-order valence-corrected chi connectivity index (χ0v) is 26.5. The zero-order chi connectivity index (χ0) is 28.0. The van der Waals surface area contributed by atoms with Crippen molar-refractivity contribution in [2.24, 2.45) is 0 Å². The molecule has 1 N–H and O–H groups in total. The molecule has 0 radical (unpaired) electrons. The molecular weight excluding hydrogens is 477 g/mol. The fraction of sp³-hybridized carbons (Fsp3) is 0.625. The van der Waals surface area contributed by atoms with E-state index in [2.05, 4.69) is 113 Å². The second-order valence-corrected chi connectivity index (χ2v) is 15.6. The van der Waals surface area contributed by atoms with Gasteiger partial charge < -0.3 is 14.4 Å². The van der Waals surface area contributed by atoms with Crippen LogP contribution in [0, 0.1) is 0 Å². The van der Waals surface area contributed by atoms with E-state index in [0.717, 1.165) is 24.5 Å². The van der Waals surface area contributed by atoms with Crippen molar-refractivity contribution in [3.8, 4) is 11.5 Å². The van der Waals surface area contributed by atoms with Crippen LogP contribution < -0.4 is 14.4 Å². The van der Waals surface area contributed by atoms with Gasteiger partial charge in [0.1, 0.15) is 11.5 Å². The van der Waals surface area contributed by atoms with Gasteiger partial charge in [-0.25, -0.2) is 0 Å². The van der Waals surface area contributed by atoms with E-state index < -0.39 is 8.60 Å². The predicted molar refractivity (Wildman–Crippen MR) is 159 cm³/mol. The second kappa shape index (κ2) is 10.5. The van der Waals surface area contributed by atoms with Gasteiger partial charge >= 0.3 is 8.60 Å². The lowest BCUT2D eigenvalue weighted by atomic mass is 9.76. The number of likely N-dealkylation sites (N-methyl/N-ethyl adjacent to an activating group) is 1. The lowest BCUT2D eigenvalue weighted by molar-refractivity contribution is 0.262. The molecule has 206 valence electrons. The van der Waals surface area contributed by atoms with Crippen molar-refractivity contribution < 1.29 is 13.6 Å². The van der Waals surface area contributed by atoms with E-state index in [4.69, 9.17) is 13.6 Å². The lowest BCUT2D eigenvalue weighted by Crippen LogP contribution is -2.22. The van der Waals surface area contributed by atoms with Crippen molar-refractivity contribution in [3.63, 3.8) is 0 Å². The molecule has 2 aromatic carbocycles. The highest BCUT2D eigenvalue weighted by molar-refractivity contribution is 7.42. The van der Waals surface area contributed by atoms with Crippen LogP contribution in [0.2, 0.25) is 0 Å². The van der Waals surface area contributed by atoms with Gasteiger partial charge in [-0.1, -0.05) is 107 Å². The van der Waals surface area contributed by atoms with Gasteiger partial charge in [0.25, 0.3) is 0 Å². The molecule has 0 aromatic heterocycles. The van der Waals surface area contributed by atoms with Gasteiger partial charge in [-0.2, -0.15) is 0 Å². The molecule has 1 aliphatic heterocycles. The van der Waals surface area contributed by atoms with E-state index in [0.29, 0.717) is 6.61 Å². The van der Waals surface area contributed by atoms with Crippen LogP contribution in [0.1, 0.15) is 116 Å². The summed E-state index contributed by atoms with van der Waals surface area (Å²) in [4.78, 5) is 0. The third-order valence-corrected chi connectivity index (χ3v) is 8.00. The minimum atomic E-state index is -1.64. The molecule has 0 fully saturated rings. The SMILES string of the molecule is CNCCOP1Oc2c(cc(C(C)(C)C)cc2C(C)(C)C)Cc2cc(C(C)(C)C)cc(C(C)(C)C)c2O1. The van der Waals surface area contributed by atoms with E-state index in [1.165, 1.54) is 33.4 Å². The Kier molecular flexibility index (Phi) is 8.51. The number of benzene rings is 2. The van der Waals surface area contributed by atoms with Crippen LogP contribution in [0.25, 0.3) is 0 Å². The van der Waals surface area contributed by atoms with Crippen LogP contribution in [-0.4, -0.2) is 20.2 Å². The van der Waals surface area contributed by atoms with Crippen LogP contribution in [0.5, 0.6) is 11.5 Å². The summed E-state index contributed by atoms with van der Waals surface area (Å²) in [6, 6.07) is 9.35. The Bertz CT molecular complexity index is 1030. The van der Waals surface area contributed by atoms with Gasteiger partial charge in [-0.15, -0.1) is 0 Å². The summed E-state index contributed by atoms with van der Waals surface area (Å²) in [5.74, 6) is 1.83. The summed E-state index contributed by atoms with van der Waals surface area (Å²) in [7, 11) is 0.287. The van der Waals surface area contributed by atoms with Crippen molar-refractivity contribution in [2.45, 2.75) is 111 Å². The van der Waals surface area contributed by atoms with Crippen molar-refractivity contribution in [3.05, 3.63) is 57.6 Å². The number of hydrogen-bond acceptors (Lipinski definition) is 4. The Morgan fingerprint density at radius 1 is 0.676 bits per heavy atom. The van der Waals surface area contributed by atoms with E-state index >= 15 is 0 Å². The molecule has 3 rings (SSSR count). The van der Waals surface area contributed by atoms with Crippen LogP contribution in [0.15, 0.2) is 24.3 Å². The van der Waals surface area contributed by atoms with E-state index in [1.807, 2.05) is 7.05 Å². The quantitative estimate of drug-likeness (QED) is 0.319. The van der Waals surface area contributed by atoms with Gasteiger partial charge in [0.2, 0.25) is 0 Å². The molecule has 0 unspecified atom stereocenters. The van der Waals surface area contributed by atoms with Crippen molar-refractivity contribution in [1.29, 1.82) is 0 Å². The number of nitrogens with one attached hydrogen (secondary N) is 1. The van der Waals surface area contributed by atoms with E-state index in [-0.39, 0.29) is 21.7 Å². The first-order valence-corrected chi connectivity index (χ1v) is 14.7. The fourth-order valence-electron chi connectivity index (χ4n) is 4.48. The molecule has 37 heavy (non-hydrogen) atoms. The summed E-state index contributed by atoms with van der Waals surface area (Å²) in [6.07, 6.45) is 0.754. The largest absolute Gasteiger partial charge is 0.463 e. The second-order valence-electron chi connectivity index (χ2n) is 14.5. The number of rotatable bonds is 4. The molecule has 5 heteroatoms. The van der Waals surface area contributed by atoms with Gasteiger partial charge in [0, 0.05) is 24.1 Å². The lowest BCUT2D eigenvalue weighted by Gasteiger charge is -2.34. The average Bonchev–Trinajstić information content (AvgIpc) is 2.70. The molecule has 4 nitrogen and oxygen atoms in total. The van der Waals surface area contributed by atoms with Crippen LogP contribution in [0.4, 0.5) is 0 Å². The van der Waals surface area contributed by atoms with Crippen LogP contribution >= 0.6 is 8.60 Å². The number of hydrogen-bond donors (Lipinski definition) is 1. The fourth-order valence-corrected chi connectivity index (χ4v) is 5.60. The molecule has 0 saturated carbocycles. The van der Waals surface area contributed by atoms with E-state index in [9.17, 15) is 0 Å². The molecule has 0 bridgehead atoms. The molecule has 0 atom stereocenters. The first-order valence-electron chi connectivity index (χ1n) is 13.6. The average molecular weight is 528 g/mol. The standard InChI is InChI=1S/C32H50NO3P/c1-29(2,3)23-17-21-16-22-18-24(30(4,5)6)20-26(32(10,11)12)28(22)36-37(34-15-14-33-13)35-27(21)25(19-23)31(7,8)9/h17-20,33H,14-16H2,1-13H3. The maximum atomic E-state index is 6.72. The van der Waals surface area contributed by atoms with E-state index in [1.54, 1.807) is 0 Å². The molecule has 0 amide bonds. The normalized spacial score (nSPS) is 15.3. The van der Waals surface area contributed by atoms with Gasteiger partial charge in [-0.3, -0.25) is 4.52 Å².